The van der Waals surface area contributed by atoms with Gasteiger partial charge in [-0.15, -0.1) is 0 Å². The predicted molar refractivity (Wildman–Crippen MR) is 136 cm³/mol. The Morgan fingerprint density at radius 3 is 2.35 bits per heavy atom. The van der Waals surface area contributed by atoms with Crippen molar-refractivity contribution in [1.82, 2.24) is 10.2 Å². The largest absolute Gasteiger partial charge is 0.482 e. The highest BCUT2D eigenvalue weighted by atomic mass is 35.5. The van der Waals surface area contributed by atoms with Crippen LogP contribution in [0.1, 0.15) is 24.5 Å². The standard InChI is InChI=1S/C27H28Cl2N2O3/c1-2-15-30-27(33)24(17-20-9-4-3-5-10-20)31(18-21-11-8-12-22(28)16-21)26(32)19-34-25-14-7-6-13-23(25)29/h3-14,16,24H,2,15,17-19H2,1H3,(H,30,33). The molecule has 0 aliphatic rings. The number of hydrogen-bond donors (Lipinski definition) is 1. The number of amides is 2. The maximum Gasteiger partial charge on any atom is 0.261 e. The zero-order chi connectivity index (χ0) is 24.3. The Morgan fingerprint density at radius 2 is 1.65 bits per heavy atom. The number of nitrogens with one attached hydrogen (secondary N) is 1. The molecule has 5 nitrogen and oxygen atoms in total. The van der Waals surface area contributed by atoms with Crippen LogP contribution in [0.3, 0.4) is 0 Å². The van der Waals surface area contributed by atoms with Crippen molar-refractivity contribution >= 4 is 35.0 Å². The van der Waals surface area contributed by atoms with Crippen LogP contribution in [0.15, 0.2) is 78.9 Å². The minimum absolute atomic E-state index is 0.209. The summed E-state index contributed by atoms with van der Waals surface area (Å²) in [5, 5.41) is 3.92. The second-order valence-electron chi connectivity index (χ2n) is 7.87. The van der Waals surface area contributed by atoms with E-state index in [4.69, 9.17) is 27.9 Å². The SMILES string of the molecule is CCCNC(=O)C(Cc1ccccc1)N(Cc1cccc(Cl)c1)C(=O)COc1ccccc1Cl. The maximum absolute atomic E-state index is 13.5. The predicted octanol–water partition coefficient (Wildman–Crippen LogP) is 5.54. The summed E-state index contributed by atoms with van der Waals surface area (Å²) in [4.78, 5) is 28.3. The minimum atomic E-state index is -0.727. The normalized spacial score (nSPS) is 11.5. The first-order chi connectivity index (χ1) is 16.5. The first-order valence-electron chi connectivity index (χ1n) is 11.2. The van der Waals surface area contributed by atoms with Crippen LogP contribution in [0.4, 0.5) is 0 Å². The van der Waals surface area contributed by atoms with Crippen molar-refractivity contribution in [3.8, 4) is 5.75 Å². The molecule has 0 aromatic heterocycles. The van der Waals surface area contributed by atoms with E-state index in [0.717, 1.165) is 17.5 Å². The number of carbonyl (C=O) groups excluding carboxylic acids is 2. The third-order valence-electron chi connectivity index (χ3n) is 5.25. The van der Waals surface area contributed by atoms with Crippen LogP contribution in [0, 0.1) is 0 Å². The van der Waals surface area contributed by atoms with Crippen LogP contribution in [0.2, 0.25) is 10.0 Å². The number of nitrogens with zero attached hydrogens (tertiary/aromatic N) is 1. The van der Waals surface area contributed by atoms with Crippen molar-refractivity contribution in [2.75, 3.05) is 13.2 Å². The molecular formula is C27H28Cl2N2O3. The van der Waals surface area contributed by atoms with Gasteiger partial charge >= 0.3 is 0 Å². The summed E-state index contributed by atoms with van der Waals surface area (Å²) in [5.41, 5.74) is 1.77. The Balaban J connectivity index is 1.90. The van der Waals surface area contributed by atoms with Crippen LogP contribution in [-0.4, -0.2) is 35.9 Å². The number of halogens is 2. The number of benzene rings is 3. The van der Waals surface area contributed by atoms with Crippen molar-refractivity contribution in [1.29, 1.82) is 0 Å². The third kappa shape index (κ3) is 7.51. The summed E-state index contributed by atoms with van der Waals surface area (Å²) in [6.45, 7) is 2.47. The number of para-hydroxylation sites is 1. The molecule has 0 aliphatic heterocycles. The average molecular weight is 499 g/mol. The molecule has 0 saturated carbocycles. The van der Waals surface area contributed by atoms with E-state index in [1.165, 1.54) is 0 Å². The van der Waals surface area contributed by atoms with Crippen LogP contribution in [-0.2, 0) is 22.6 Å². The van der Waals surface area contributed by atoms with Crippen molar-refractivity contribution in [3.05, 3.63) is 100 Å². The Morgan fingerprint density at radius 1 is 0.941 bits per heavy atom. The molecule has 1 N–H and O–H groups in total. The van der Waals surface area contributed by atoms with Crippen molar-refractivity contribution in [2.45, 2.75) is 32.4 Å². The molecule has 3 rings (SSSR count). The molecule has 0 spiro atoms. The van der Waals surface area contributed by atoms with Gasteiger partial charge in [-0.1, -0.05) is 84.7 Å². The fourth-order valence-electron chi connectivity index (χ4n) is 3.54. The second kappa shape index (κ2) is 13.0. The molecule has 0 fully saturated rings. The molecule has 178 valence electrons. The fourth-order valence-corrected chi connectivity index (χ4v) is 3.94. The highest BCUT2D eigenvalue weighted by Crippen LogP contribution is 2.24. The number of ether oxygens (including phenoxy) is 1. The third-order valence-corrected chi connectivity index (χ3v) is 5.80. The summed E-state index contributed by atoms with van der Waals surface area (Å²) in [5.74, 6) is -0.124. The van der Waals surface area contributed by atoms with Gasteiger partial charge in [0, 0.05) is 24.5 Å². The molecule has 0 bridgehead atoms. The lowest BCUT2D eigenvalue weighted by Crippen LogP contribution is -2.51. The molecular weight excluding hydrogens is 471 g/mol. The van der Waals surface area contributed by atoms with Gasteiger partial charge in [0.25, 0.3) is 5.91 Å². The monoisotopic (exact) mass is 498 g/mol. The highest BCUT2D eigenvalue weighted by Gasteiger charge is 2.30. The van der Waals surface area contributed by atoms with E-state index in [9.17, 15) is 9.59 Å². The quantitative estimate of drug-likeness (QED) is 0.377. The summed E-state index contributed by atoms with van der Waals surface area (Å²) < 4.78 is 5.72. The van der Waals surface area contributed by atoms with Gasteiger partial charge in [0.05, 0.1) is 5.02 Å². The van der Waals surface area contributed by atoms with E-state index in [1.54, 1.807) is 41.3 Å². The maximum atomic E-state index is 13.5. The molecule has 3 aromatic rings. The Kier molecular flexibility index (Phi) is 9.80. The Bertz CT molecular complexity index is 1090. The molecule has 0 saturated heterocycles. The van der Waals surface area contributed by atoms with Gasteiger partial charge in [-0.2, -0.15) is 0 Å². The summed E-state index contributed by atoms with van der Waals surface area (Å²) in [6.07, 6.45) is 1.16. The van der Waals surface area contributed by atoms with Crippen molar-refractivity contribution < 1.29 is 14.3 Å². The zero-order valence-electron chi connectivity index (χ0n) is 19.0. The molecule has 2 amide bonds. The van der Waals surface area contributed by atoms with Crippen molar-refractivity contribution in [3.63, 3.8) is 0 Å². The van der Waals surface area contributed by atoms with E-state index < -0.39 is 6.04 Å². The molecule has 1 atom stereocenters. The van der Waals surface area contributed by atoms with Crippen LogP contribution in [0.5, 0.6) is 5.75 Å². The van der Waals surface area contributed by atoms with Gasteiger partial charge in [-0.05, 0) is 41.8 Å². The summed E-state index contributed by atoms with van der Waals surface area (Å²) in [6, 6.07) is 23.2. The van der Waals surface area contributed by atoms with Gasteiger partial charge in [-0.3, -0.25) is 9.59 Å². The van der Waals surface area contributed by atoms with E-state index in [2.05, 4.69) is 5.32 Å². The molecule has 0 heterocycles. The molecule has 7 heteroatoms. The molecule has 3 aromatic carbocycles. The summed E-state index contributed by atoms with van der Waals surface area (Å²) >= 11 is 12.4. The van der Waals surface area contributed by atoms with E-state index in [-0.39, 0.29) is 25.0 Å². The van der Waals surface area contributed by atoms with Gasteiger partial charge in [-0.25, -0.2) is 0 Å². The topological polar surface area (TPSA) is 58.6 Å². The molecule has 0 radical (unpaired) electrons. The van der Waals surface area contributed by atoms with E-state index >= 15 is 0 Å². The first-order valence-corrected chi connectivity index (χ1v) is 12.0. The van der Waals surface area contributed by atoms with Gasteiger partial charge in [0.1, 0.15) is 11.8 Å². The minimum Gasteiger partial charge on any atom is -0.482 e. The smallest absolute Gasteiger partial charge is 0.261 e. The molecule has 1 unspecified atom stereocenters. The number of rotatable bonds is 11. The van der Waals surface area contributed by atoms with Gasteiger partial charge < -0.3 is 15.0 Å². The second-order valence-corrected chi connectivity index (χ2v) is 8.71. The van der Waals surface area contributed by atoms with E-state index in [0.29, 0.717) is 28.8 Å². The lowest BCUT2D eigenvalue weighted by molar-refractivity contribution is -0.142. The van der Waals surface area contributed by atoms with Crippen LogP contribution >= 0.6 is 23.2 Å². The first kappa shape index (κ1) is 25.6. The van der Waals surface area contributed by atoms with Crippen LogP contribution in [0.25, 0.3) is 0 Å². The van der Waals surface area contributed by atoms with Gasteiger partial charge in [0.2, 0.25) is 5.91 Å². The average Bonchev–Trinajstić information content (AvgIpc) is 2.84. The summed E-state index contributed by atoms with van der Waals surface area (Å²) in [7, 11) is 0. The lowest BCUT2D eigenvalue weighted by Gasteiger charge is -2.31. The molecule has 0 aliphatic carbocycles. The Hall–Kier alpha value is -3.02. The highest BCUT2D eigenvalue weighted by molar-refractivity contribution is 6.32. The van der Waals surface area contributed by atoms with E-state index in [1.807, 2.05) is 49.4 Å². The number of hydrogen-bond acceptors (Lipinski definition) is 3. The fraction of sp³-hybridized carbons (Fsp3) is 0.259. The van der Waals surface area contributed by atoms with Gasteiger partial charge in [0.15, 0.2) is 6.61 Å². The van der Waals surface area contributed by atoms with Crippen LogP contribution < -0.4 is 10.1 Å². The lowest BCUT2D eigenvalue weighted by atomic mass is 10.0. The number of carbonyl (C=O) groups is 2. The molecule has 34 heavy (non-hydrogen) atoms. The van der Waals surface area contributed by atoms with Crippen molar-refractivity contribution in [2.24, 2.45) is 0 Å². The Labute approximate surface area is 210 Å². The zero-order valence-corrected chi connectivity index (χ0v) is 20.6.